The Kier molecular flexibility index (Phi) is 4.27. The van der Waals surface area contributed by atoms with Crippen molar-refractivity contribution in [2.75, 3.05) is 18.5 Å². The lowest BCUT2D eigenvalue weighted by molar-refractivity contribution is -0.389. The molecular weight excluding hydrogens is 292 g/mol. The number of imidazole rings is 1. The summed E-state index contributed by atoms with van der Waals surface area (Å²) in [6, 6.07) is 4.95. The zero-order chi connectivity index (χ0) is 16.3. The fourth-order valence-corrected chi connectivity index (χ4v) is 1.89. The lowest BCUT2D eigenvalue weighted by atomic mass is 10.1. The molecule has 0 radical (unpaired) electrons. The van der Waals surface area contributed by atoms with E-state index >= 15 is 0 Å². The molecule has 0 aliphatic rings. The SMILES string of the molecule is CCOC(=O)C(C)(O)CNc1nc2ccccn2c1[N+](=O)[O-]. The number of esters is 1. The summed E-state index contributed by atoms with van der Waals surface area (Å²) in [7, 11) is 0. The van der Waals surface area contributed by atoms with E-state index < -0.39 is 16.5 Å². The Bertz CT molecular complexity index is 710. The molecule has 9 heteroatoms. The van der Waals surface area contributed by atoms with E-state index in [1.54, 1.807) is 25.1 Å². The maximum absolute atomic E-state index is 11.6. The van der Waals surface area contributed by atoms with E-state index in [1.807, 2.05) is 0 Å². The molecule has 0 saturated heterocycles. The zero-order valence-corrected chi connectivity index (χ0v) is 12.1. The topological polar surface area (TPSA) is 119 Å². The summed E-state index contributed by atoms with van der Waals surface area (Å²) < 4.78 is 6.05. The number of nitrogens with one attached hydrogen (secondary N) is 1. The van der Waals surface area contributed by atoms with Gasteiger partial charge in [-0.1, -0.05) is 6.07 Å². The predicted molar refractivity (Wildman–Crippen MR) is 77.6 cm³/mol. The molecule has 2 aromatic heterocycles. The molecule has 0 amide bonds. The summed E-state index contributed by atoms with van der Waals surface area (Å²) in [6.07, 6.45) is 1.51. The molecular formula is C13H16N4O5. The van der Waals surface area contributed by atoms with Crippen LogP contribution in [0.2, 0.25) is 0 Å². The lowest BCUT2D eigenvalue weighted by Crippen LogP contribution is -2.43. The van der Waals surface area contributed by atoms with Crippen molar-refractivity contribution in [2.45, 2.75) is 19.4 Å². The normalized spacial score (nSPS) is 13.6. The largest absolute Gasteiger partial charge is 0.464 e. The minimum atomic E-state index is -1.82. The molecule has 2 rings (SSSR count). The highest BCUT2D eigenvalue weighted by Crippen LogP contribution is 2.25. The van der Waals surface area contributed by atoms with Gasteiger partial charge in [-0.15, -0.1) is 0 Å². The van der Waals surface area contributed by atoms with Crippen molar-refractivity contribution in [3.05, 3.63) is 34.5 Å². The van der Waals surface area contributed by atoms with Crippen LogP contribution in [0.15, 0.2) is 24.4 Å². The van der Waals surface area contributed by atoms with E-state index in [1.165, 1.54) is 17.5 Å². The fraction of sp³-hybridized carbons (Fsp3) is 0.385. The third-order valence-corrected chi connectivity index (χ3v) is 2.99. The van der Waals surface area contributed by atoms with Crippen LogP contribution >= 0.6 is 0 Å². The molecule has 0 bridgehead atoms. The van der Waals surface area contributed by atoms with Crippen molar-refractivity contribution in [3.8, 4) is 0 Å². The number of hydrogen-bond acceptors (Lipinski definition) is 7. The monoisotopic (exact) mass is 308 g/mol. The number of carbonyl (C=O) groups is 1. The maximum Gasteiger partial charge on any atom is 0.372 e. The van der Waals surface area contributed by atoms with Crippen molar-refractivity contribution in [2.24, 2.45) is 0 Å². The van der Waals surface area contributed by atoms with Crippen molar-refractivity contribution < 1.29 is 19.6 Å². The minimum absolute atomic E-state index is 0.0271. The Balaban J connectivity index is 2.27. The summed E-state index contributed by atoms with van der Waals surface area (Å²) in [6.45, 7) is 2.74. The molecule has 2 aromatic rings. The number of pyridine rings is 1. The van der Waals surface area contributed by atoms with Crippen LogP contribution in [0.4, 0.5) is 11.6 Å². The van der Waals surface area contributed by atoms with E-state index in [9.17, 15) is 20.0 Å². The second-order valence-corrected chi connectivity index (χ2v) is 4.82. The zero-order valence-electron chi connectivity index (χ0n) is 12.1. The van der Waals surface area contributed by atoms with Gasteiger partial charge in [0, 0.05) is 6.07 Å². The minimum Gasteiger partial charge on any atom is -0.464 e. The maximum atomic E-state index is 11.6. The first-order chi connectivity index (χ1) is 10.4. The number of carbonyl (C=O) groups excluding carboxylic acids is 1. The quantitative estimate of drug-likeness (QED) is 0.463. The number of nitrogens with zero attached hydrogens (tertiary/aromatic N) is 3. The molecule has 2 N–H and O–H groups in total. The number of aliphatic hydroxyl groups is 1. The van der Waals surface area contributed by atoms with Gasteiger partial charge in [-0.3, -0.25) is 0 Å². The standard InChI is InChI=1S/C13H16N4O5/c1-3-22-12(18)13(2,19)8-14-10-11(17(20)21)16-7-5-4-6-9(16)15-10/h4-7,14,19H,3,8H2,1-2H3. The first kappa shape index (κ1) is 15.7. The molecule has 0 aliphatic carbocycles. The highest BCUT2D eigenvalue weighted by atomic mass is 16.6. The van der Waals surface area contributed by atoms with Crippen LogP contribution in [-0.2, 0) is 9.53 Å². The molecule has 0 aromatic carbocycles. The summed E-state index contributed by atoms with van der Waals surface area (Å²) in [4.78, 5) is 26.3. The first-order valence-electron chi connectivity index (χ1n) is 6.61. The van der Waals surface area contributed by atoms with Gasteiger partial charge in [0.05, 0.1) is 19.3 Å². The van der Waals surface area contributed by atoms with Gasteiger partial charge in [0.2, 0.25) is 11.5 Å². The van der Waals surface area contributed by atoms with Crippen molar-refractivity contribution in [3.63, 3.8) is 0 Å². The van der Waals surface area contributed by atoms with Gasteiger partial charge < -0.3 is 25.3 Å². The van der Waals surface area contributed by atoms with Crippen LogP contribution in [0.5, 0.6) is 0 Å². The molecule has 0 spiro atoms. The average molecular weight is 308 g/mol. The second kappa shape index (κ2) is 5.98. The molecule has 9 nitrogen and oxygen atoms in total. The molecule has 0 aliphatic heterocycles. The molecule has 1 atom stereocenters. The first-order valence-corrected chi connectivity index (χ1v) is 6.61. The molecule has 118 valence electrons. The Labute approximate surface area is 125 Å². The smallest absolute Gasteiger partial charge is 0.372 e. The highest BCUT2D eigenvalue weighted by molar-refractivity contribution is 5.79. The summed E-state index contributed by atoms with van der Waals surface area (Å²) >= 11 is 0. The van der Waals surface area contributed by atoms with E-state index in [-0.39, 0.29) is 24.8 Å². The molecule has 22 heavy (non-hydrogen) atoms. The third-order valence-electron chi connectivity index (χ3n) is 2.99. The van der Waals surface area contributed by atoms with E-state index in [4.69, 9.17) is 4.74 Å². The van der Waals surface area contributed by atoms with Crippen LogP contribution in [0.1, 0.15) is 13.8 Å². The lowest BCUT2D eigenvalue weighted by Gasteiger charge is -2.20. The number of nitro groups is 1. The summed E-state index contributed by atoms with van der Waals surface area (Å²) in [5, 5.41) is 23.9. The van der Waals surface area contributed by atoms with Crippen molar-refractivity contribution in [1.29, 1.82) is 0 Å². The second-order valence-electron chi connectivity index (χ2n) is 4.82. The Hall–Kier alpha value is -2.68. The Morgan fingerprint density at radius 1 is 1.59 bits per heavy atom. The van der Waals surface area contributed by atoms with Crippen LogP contribution in [0.3, 0.4) is 0 Å². The Morgan fingerprint density at radius 2 is 2.32 bits per heavy atom. The molecule has 1 unspecified atom stereocenters. The van der Waals surface area contributed by atoms with Crippen molar-refractivity contribution >= 4 is 23.3 Å². The van der Waals surface area contributed by atoms with E-state index in [2.05, 4.69) is 10.3 Å². The van der Waals surface area contributed by atoms with Crippen LogP contribution in [0.25, 0.3) is 5.65 Å². The van der Waals surface area contributed by atoms with Crippen LogP contribution in [0, 0.1) is 10.1 Å². The van der Waals surface area contributed by atoms with Gasteiger partial charge in [0.15, 0.2) is 5.60 Å². The number of hydrogen-bond donors (Lipinski definition) is 2. The van der Waals surface area contributed by atoms with E-state index in [0.717, 1.165) is 0 Å². The van der Waals surface area contributed by atoms with Gasteiger partial charge >= 0.3 is 11.8 Å². The molecule has 2 heterocycles. The van der Waals surface area contributed by atoms with E-state index in [0.29, 0.717) is 5.65 Å². The van der Waals surface area contributed by atoms with Gasteiger partial charge in [0.25, 0.3) is 0 Å². The summed E-state index contributed by atoms with van der Waals surface area (Å²) in [5.41, 5.74) is -1.44. The molecule has 0 saturated carbocycles. The van der Waals surface area contributed by atoms with Gasteiger partial charge in [-0.2, -0.15) is 9.38 Å². The number of anilines is 1. The van der Waals surface area contributed by atoms with Gasteiger partial charge in [0.1, 0.15) is 0 Å². The highest BCUT2D eigenvalue weighted by Gasteiger charge is 2.33. The summed E-state index contributed by atoms with van der Waals surface area (Å²) in [5.74, 6) is -1.11. The fourth-order valence-electron chi connectivity index (χ4n) is 1.89. The Morgan fingerprint density at radius 3 is 2.95 bits per heavy atom. The third kappa shape index (κ3) is 2.98. The number of rotatable bonds is 6. The number of fused-ring (bicyclic) bond motifs is 1. The average Bonchev–Trinajstić information content (AvgIpc) is 2.84. The number of ether oxygens (including phenoxy) is 1. The predicted octanol–water partition coefficient (Wildman–Crippen LogP) is 0.968. The van der Waals surface area contributed by atoms with Crippen LogP contribution < -0.4 is 5.32 Å². The number of aromatic nitrogens is 2. The molecule has 0 fully saturated rings. The van der Waals surface area contributed by atoms with Crippen molar-refractivity contribution in [1.82, 2.24) is 9.38 Å². The van der Waals surface area contributed by atoms with Gasteiger partial charge in [-0.05, 0) is 24.8 Å². The van der Waals surface area contributed by atoms with Gasteiger partial charge in [-0.25, -0.2) is 4.79 Å². The van der Waals surface area contributed by atoms with Crippen LogP contribution in [-0.4, -0.2) is 44.1 Å².